The second-order valence-electron chi connectivity index (χ2n) is 6.41. The number of nitrogens with zero attached hydrogens (tertiary/aromatic N) is 3. The Morgan fingerprint density at radius 3 is 2.40 bits per heavy atom. The van der Waals surface area contributed by atoms with Crippen LogP contribution in [0.2, 0.25) is 0 Å². The zero-order chi connectivity index (χ0) is 21.9. The van der Waals surface area contributed by atoms with Gasteiger partial charge in [-0.15, -0.1) is 0 Å². The van der Waals surface area contributed by atoms with Gasteiger partial charge >= 0.3 is 5.69 Å². The van der Waals surface area contributed by atoms with Crippen LogP contribution in [0.25, 0.3) is 0 Å². The van der Waals surface area contributed by atoms with Crippen molar-refractivity contribution >= 4 is 23.3 Å². The SMILES string of the molecule is CCCCCCOc1c(OC)cc(/C=N/Nc2ccc([N+](=O)[O-])cc2)cc1[N+](=O)[O-]. The molecule has 2 aromatic carbocycles. The van der Waals surface area contributed by atoms with Crippen molar-refractivity contribution in [2.45, 2.75) is 32.6 Å². The fraction of sp³-hybridized carbons (Fsp3) is 0.350. The van der Waals surface area contributed by atoms with Crippen molar-refractivity contribution in [2.75, 3.05) is 19.1 Å². The smallest absolute Gasteiger partial charge is 0.315 e. The molecule has 10 nitrogen and oxygen atoms in total. The average Bonchev–Trinajstić information content (AvgIpc) is 2.74. The number of methoxy groups -OCH3 is 1. The van der Waals surface area contributed by atoms with Gasteiger partial charge in [0.15, 0.2) is 5.75 Å². The molecule has 160 valence electrons. The van der Waals surface area contributed by atoms with Crippen molar-refractivity contribution in [2.24, 2.45) is 5.10 Å². The molecule has 2 aromatic rings. The molecule has 1 N–H and O–H groups in total. The molecule has 0 amide bonds. The summed E-state index contributed by atoms with van der Waals surface area (Å²) in [6.07, 6.45) is 5.36. The van der Waals surface area contributed by atoms with Gasteiger partial charge in [0, 0.05) is 23.8 Å². The van der Waals surface area contributed by atoms with E-state index in [-0.39, 0.29) is 22.9 Å². The van der Waals surface area contributed by atoms with E-state index < -0.39 is 9.85 Å². The van der Waals surface area contributed by atoms with Crippen LogP contribution in [0.4, 0.5) is 17.1 Å². The molecule has 0 bridgehead atoms. The molecule has 0 aliphatic carbocycles. The number of anilines is 1. The van der Waals surface area contributed by atoms with Gasteiger partial charge in [-0.25, -0.2) is 0 Å². The van der Waals surface area contributed by atoms with E-state index in [0.29, 0.717) is 17.9 Å². The number of unbranched alkanes of at least 4 members (excludes halogenated alkanes) is 3. The van der Waals surface area contributed by atoms with Crippen LogP contribution in [-0.4, -0.2) is 29.8 Å². The van der Waals surface area contributed by atoms with E-state index >= 15 is 0 Å². The van der Waals surface area contributed by atoms with Crippen molar-refractivity contribution in [3.8, 4) is 11.5 Å². The van der Waals surface area contributed by atoms with Crippen LogP contribution in [0.3, 0.4) is 0 Å². The van der Waals surface area contributed by atoms with E-state index in [1.807, 2.05) is 0 Å². The second-order valence-corrected chi connectivity index (χ2v) is 6.41. The van der Waals surface area contributed by atoms with Crippen LogP contribution >= 0.6 is 0 Å². The number of non-ortho nitro benzene ring substituents is 1. The first-order chi connectivity index (χ1) is 14.5. The van der Waals surface area contributed by atoms with Gasteiger partial charge in [-0.3, -0.25) is 25.7 Å². The van der Waals surface area contributed by atoms with Crippen LogP contribution in [-0.2, 0) is 0 Å². The highest BCUT2D eigenvalue weighted by molar-refractivity contribution is 5.83. The van der Waals surface area contributed by atoms with Gasteiger partial charge in [0.05, 0.1) is 35.5 Å². The molecule has 0 saturated heterocycles. The van der Waals surface area contributed by atoms with E-state index in [9.17, 15) is 20.2 Å². The third-order valence-corrected chi connectivity index (χ3v) is 4.20. The molecule has 30 heavy (non-hydrogen) atoms. The summed E-state index contributed by atoms with van der Waals surface area (Å²) in [5, 5.41) is 26.2. The molecule has 0 spiro atoms. The van der Waals surface area contributed by atoms with Crippen molar-refractivity contribution < 1.29 is 19.3 Å². The highest BCUT2D eigenvalue weighted by Crippen LogP contribution is 2.38. The number of nitrogens with one attached hydrogen (secondary N) is 1. The Bertz CT molecular complexity index is 899. The van der Waals surface area contributed by atoms with Crippen molar-refractivity contribution in [1.82, 2.24) is 0 Å². The summed E-state index contributed by atoms with van der Waals surface area (Å²) in [5.74, 6) is 0.343. The summed E-state index contributed by atoms with van der Waals surface area (Å²) >= 11 is 0. The quantitative estimate of drug-likeness (QED) is 0.225. The number of ether oxygens (including phenoxy) is 2. The van der Waals surface area contributed by atoms with E-state index in [1.54, 1.807) is 6.07 Å². The first kappa shape index (κ1) is 22.6. The van der Waals surface area contributed by atoms with Crippen LogP contribution in [0.1, 0.15) is 38.2 Å². The molecule has 0 fully saturated rings. The average molecular weight is 416 g/mol. The fourth-order valence-corrected chi connectivity index (χ4v) is 2.66. The van der Waals surface area contributed by atoms with Gasteiger partial charge in [-0.2, -0.15) is 5.10 Å². The second kappa shape index (κ2) is 11.3. The molecule has 0 saturated carbocycles. The Labute approximate surface area is 173 Å². The third kappa shape index (κ3) is 6.43. The van der Waals surface area contributed by atoms with Gasteiger partial charge < -0.3 is 9.47 Å². The minimum atomic E-state index is -0.523. The molecule has 0 aromatic heterocycles. The van der Waals surface area contributed by atoms with E-state index in [1.165, 1.54) is 43.7 Å². The Morgan fingerprint density at radius 1 is 1.07 bits per heavy atom. The molecule has 0 unspecified atom stereocenters. The Balaban J connectivity index is 2.13. The topological polar surface area (TPSA) is 129 Å². The number of nitro benzene ring substituents is 2. The maximum Gasteiger partial charge on any atom is 0.315 e. The largest absolute Gasteiger partial charge is 0.493 e. The molecule has 10 heteroatoms. The predicted octanol–water partition coefficient (Wildman–Crippen LogP) is 4.92. The van der Waals surface area contributed by atoms with E-state index in [2.05, 4.69) is 17.5 Å². The zero-order valence-corrected chi connectivity index (χ0v) is 16.9. The van der Waals surface area contributed by atoms with Gasteiger partial charge in [0.1, 0.15) is 0 Å². The number of benzene rings is 2. The standard InChI is InChI=1S/C20H24N4O6/c1-3-4-5-6-11-30-20-18(24(27)28)12-15(13-19(20)29-2)14-21-22-16-7-9-17(10-8-16)23(25)26/h7-10,12-14,22H,3-6,11H2,1-2H3/b21-14+. The maximum atomic E-state index is 11.5. The summed E-state index contributed by atoms with van der Waals surface area (Å²) in [6, 6.07) is 8.65. The summed E-state index contributed by atoms with van der Waals surface area (Å²) in [4.78, 5) is 21.2. The fourth-order valence-electron chi connectivity index (χ4n) is 2.66. The van der Waals surface area contributed by atoms with E-state index in [0.717, 1.165) is 25.7 Å². The number of nitro groups is 2. The molecule has 0 heterocycles. The molecule has 0 atom stereocenters. The Kier molecular flexibility index (Phi) is 8.55. The molecule has 0 aliphatic heterocycles. The first-order valence-electron chi connectivity index (χ1n) is 9.49. The number of hydrazone groups is 1. The van der Waals surface area contributed by atoms with Gasteiger partial charge in [0.2, 0.25) is 5.75 Å². The maximum absolute atomic E-state index is 11.5. The highest BCUT2D eigenvalue weighted by Gasteiger charge is 2.22. The van der Waals surface area contributed by atoms with Crippen LogP contribution in [0.15, 0.2) is 41.5 Å². The predicted molar refractivity (Wildman–Crippen MR) is 114 cm³/mol. The summed E-state index contributed by atoms with van der Waals surface area (Å²) < 4.78 is 10.9. The summed E-state index contributed by atoms with van der Waals surface area (Å²) in [7, 11) is 1.42. The number of rotatable bonds is 12. The van der Waals surface area contributed by atoms with Crippen molar-refractivity contribution in [3.63, 3.8) is 0 Å². The lowest BCUT2D eigenvalue weighted by molar-refractivity contribution is -0.386. The first-order valence-corrected chi connectivity index (χ1v) is 9.49. The molecule has 2 rings (SSSR count). The number of hydrogen-bond donors (Lipinski definition) is 1. The van der Waals surface area contributed by atoms with Gasteiger partial charge in [-0.1, -0.05) is 26.2 Å². The highest BCUT2D eigenvalue weighted by atomic mass is 16.6. The van der Waals surface area contributed by atoms with Crippen LogP contribution in [0.5, 0.6) is 11.5 Å². The van der Waals surface area contributed by atoms with E-state index in [4.69, 9.17) is 9.47 Å². The lowest BCUT2D eigenvalue weighted by Gasteiger charge is -2.12. The van der Waals surface area contributed by atoms with Crippen LogP contribution in [0, 0.1) is 20.2 Å². The minimum Gasteiger partial charge on any atom is -0.493 e. The monoisotopic (exact) mass is 416 g/mol. The number of hydrogen-bond acceptors (Lipinski definition) is 8. The molecular formula is C20H24N4O6. The summed E-state index contributed by atoms with van der Waals surface area (Å²) in [5.41, 5.74) is 3.45. The molecular weight excluding hydrogens is 392 g/mol. The van der Waals surface area contributed by atoms with Crippen molar-refractivity contribution in [3.05, 3.63) is 62.2 Å². The third-order valence-electron chi connectivity index (χ3n) is 4.20. The van der Waals surface area contributed by atoms with Crippen molar-refractivity contribution in [1.29, 1.82) is 0 Å². The Hall–Kier alpha value is -3.69. The minimum absolute atomic E-state index is 0.0322. The normalized spacial score (nSPS) is 10.7. The lowest BCUT2D eigenvalue weighted by atomic mass is 10.1. The molecule has 0 radical (unpaired) electrons. The van der Waals surface area contributed by atoms with Gasteiger partial charge in [0.25, 0.3) is 5.69 Å². The lowest BCUT2D eigenvalue weighted by Crippen LogP contribution is -2.04. The van der Waals surface area contributed by atoms with Gasteiger partial charge in [-0.05, 0) is 24.6 Å². The zero-order valence-electron chi connectivity index (χ0n) is 16.9. The Morgan fingerprint density at radius 2 is 1.80 bits per heavy atom. The van der Waals surface area contributed by atoms with Crippen LogP contribution < -0.4 is 14.9 Å². The summed E-state index contributed by atoms with van der Waals surface area (Å²) in [6.45, 7) is 2.47. The molecule has 0 aliphatic rings.